The van der Waals surface area contributed by atoms with Crippen LogP contribution >= 0.6 is 0 Å². The van der Waals surface area contributed by atoms with Crippen molar-refractivity contribution in [1.82, 2.24) is 30.1 Å². The molecule has 2 saturated heterocycles. The Hall–Kier alpha value is -2.68. The third-order valence-corrected chi connectivity index (χ3v) is 4.64. The van der Waals surface area contributed by atoms with Crippen LogP contribution in [0.3, 0.4) is 0 Å². The topological polar surface area (TPSA) is 89.1 Å². The van der Waals surface area contributed by atoms with E-state index in [2.05, 4.69) is 10.3 Å². The molecule has 1 N–H and O–H groups in total. The summed E-state index contributed by atoms with van der Waals surface area (Å²) in [4.78, 5) is 44.2. The van der Waals surface area contributed by atoms with Gasteiger partial charge in [-0.3, -0.25) is 14.6 Å². The second-order valence-corrected chi connectivity index (χ2v) is 6.60. The van der Waals surface area contributed by atoms with Crippen molar-refractivity contribution >= 4 is 17.8 Å². The summed E-state index contributed by atoms with van der Waals surface area (Å²) >= 11 is 0. The molecule has 1 unspecified atom stereocenters. The molecule has 0 bridgehead atoms. The van der Waals surface area contributed by atoms with Crippen LogP contribution in [0.5, 0.6) is 0 Å². The Morgan fingerprint density at radius 3 is 2.68 bits per heavy atom. The van der Waals surface area contributed by atoms with Crippen LogP contribution in [0.15, 0.2) is 24.5 Å². The number of likely N-dealkylation sites (N-methyl/N-ethyl adjacent to an activating group) is 1. The first-order chi connectivity index (χ1) is 11.8. The molecule has 0 radical (unpaired) electrons. The van der Waals surface area contributed by atoms with Crippen LogP contribution in [-0.2, 0) is 16.1 Å². The highest BCUT2D eigenvalue weighted by atomic mass is 16.2. The number of hydrogen-bond acceptors (Lipinski definition) is 5. The Bertz CT molecular complexity index is 696. The van der Waals surface area contributed by atoms with E-state index in [1.54, 1.807) is 48.3 Å². The summed E-state index contributed by atoms with van der Waals surface area (Å²) in [5.74, 6) is -0.381. The molecule has 2 aliphatic heterocycles. The lowest BCUT2D eigenvalue weighted by atomic mass is 10.0. The van der Waals surface area contributed by atoms with Crippen molar-refractivity contribution in [3.8, 4) is 0 Å². The van der Waals surface area contributed by atoms with Gasteiger partial charge in [0.25, 0.3) is 0 Å². The molecule has 0 aromatic carbocycles. The average molecular weight is 346 g/mol. The zero-order valence-electron chi connectivity index (χ0n) is 14.6. The molecule has 25 heavy (non-hydrogen) atoms. The lowest BCUT2D eigenvalue weighted by Gasteiger charge is -2.56. The number of nitrogens with zero attached hydrogens (tertiary/aromatic N) is 5. The van der Waals surface area contributed by atoms with Crippen LogP contribution in [0.4, 0.5) is 4.79 Å². The van der Waals surface area contributed by atoms with Crippen molar-refractivity contribution in [3.63, 3.8) is 0 Å². The molecule has 4 amide bonds. The smallest absolute Gasteiger partial charge is 0.336 e. The van der Waals surface area contributed by atoms with Gasteiger partial charge in [-0.05, 0) is 24.6 Å². The minimum absolute atomic E-state index is 0.0407. The molecular formula is C16H22N6O3. The number of urea groups is 1. The average Bonchev–Trinajstić information content (AvgIpc) is 2.57. The number of hydrazine groups is 1. The Kier molecular flexibility index (Phi) is 4.34. The van der Waals surface area contributed by atoms with Gasteiger partial charge >= 0.3 is 6.03 Å². The number of rotatable bonds is 2. The molecular weight excluding hydrogens is 324 g/mol. The predicted octanol–water partition coefficient (Wildman–Crippen LogP) is -0.530. The first kappa shape index (κ1) is 17.2. The van der Waals surface area contributed by atoms with Gasteiger partial charge in [0.05, 0.1) is 13.1 Å². The van der Waals surface area contributed by atoms with E-state index in [1.807, 2.05) is 12.1 Å². The fourth-order valence-corrected chi connectivity index (χ4v) is 3.34. The minimum Gasteiger partial charge on any atom is -0.350 e. The number of amides is 4. The lowest BCUT2D eigenvalue weighted by molar-refractivity contribution is -0.194. The molecule has 3 rings (SSSR count). The number of hydrogen-bond donors (Lipinski definition) is 1. The number of carbonyl (C=O) groups excluding carboxylic acids is 3. The highest BCUT2D eigenvalue weighted by Gasteiger charge is 2.52. The fraction of sp³-hybridized carbons (Fsp3) is 0.500. The third kappa shape index (κ3) is 3.02. The fourth-order valence-electron chi connectivity index (χ4n) is 3.34. The largest absolute Gasteiger partial charge is 0.350 e. The maximum Gasteiger partial charge on any atom is 0.336 e. The summed E-state index contributed by atoms with van der Waals surface area (Å²) in [5.41, 5.74) is 0.0298. The Morgan fingerprint density at radius 1 is 1.32 bits per heavy atom. The van der Waals surface area contributed by atoms with Crippen LogP contribution in [-0.4, -0.2) is 82.0 Å². The van der Waals surface area contributed by atoms with Gasteiger partial charge in [-0.2, -0.15) is 0 Å². The molecule has 9 nitrogen and oxygen atoms in total. The molecule has 3 heterocycles. The first-order valence-corrected chi connectivity index (χ1v) is 8.05. The van der Waals surface area contributed by atoms with Crippen LogP contribution in [0.25, 0.3) is 0 Å². The molecule has 1 aromatic rings. The van der Waals surface area contributed by atoms with Gasteiger partial charge in [-0.1, -0.05) is 0 Å². The minimum atomic E-state index is -0.929. The summed E-state index contributed by atoms with van der Waals surface area (Å²) in [7, 11) is 3.41. The van der Waals surface area contributed by atoms with Crippen LogP contribution in [0, 0.1) is 0 Å². The molecule has 1 aromatic heterocycles. The maximum absolute atomic E-state index is 13.1. The number of piperazine rings is 1. The van der Waals surface area contributed by atoms with Gasteiger partial charge in [0.2, 0.25) is 11.8 Å². The third-order valence-electron chi connectivity index (χ3n) is 4.64. The normalized spacial score (nSPS) is 24.0. The van der Waals surface area contributed by atoms with Crippen molar-refractivity contribution in [2.24, 2.45) is 0 Å². The molecule has 1 atom stereocenters. The zero-order valence-corrected chi connectivity index (χ0v) is 14.6. The lowest BCUT2D eigenvalue weighted by Crippen LogP contribution is -2.79. The highest BCUT2D eigenvalue weighted by Crippen LogP contribution is 2.29. The second kappa shape index (κ2) is 6.32. The second-order valence-electron chi connectivity index (χ2n) is 6.60. The van der Waals surface area contributed by atoms with Gasteiger partial charge in [-0.25, -0.2) is 14.8 Å². The molecule has 2 fully saturated rings. The van der Waals surface area contributed by atoms with Gasteiger partial charge in [0.15, 0.2) is 0 Å². The van der Waals surface area contributed by atoms with Crippen LogP contribution in [0.1, 0.15) is 12.5 Å². The van der Waals surface area contributed by atoms with Crippen LogP contribution < -0.4 is 5.32 Å². The van der Waals surface area contributed by atoms with Crippen molar-refractivity contribution < 1.29 is 14.4 Å². The van der Waals surface area contributed by atoms with E-state index in [1.165, 1.54) is 4.90 Å². The maximum atomic E-state index is 13.1. The molecule has 0 saturated carbocycles. The number of pyridine rings is 1. The standard InChI is InChI=1S/C16H22N6O3/c1-16-11-18-13(23)9-21(16)14(24)10-20(3)22(16)15(25)19(2)8-12-4-6-17-7-5-12/h4-7H,8-11H2,1-3H3,(H,18,23). The molecule has 134 valence electrons. The SMILES string of the molecule is CN(Cc1ccncc1)C(=O)N1N(C)CC(=O)N2CC(=O)NCC21C. The Labute approximate surface area is 146 Å². The number of aromatic nitrogens is 1. The number of fused-ring (bicyclic) bond motifs is 1. The van der Waals surface area contributed by atoms with E-state index in [4.69, 9.17) is 0 Å². The monoisotopic (exact) mass is 346 g/mol. The van der Waals surface area contributed by atoms with E-state index >= 15 is 0 Å². The molecule has 0 aliphatic carbocycles. The van der Waals surface area contributed by atoms with Crippen LogP contribution in [0.2, 0.25) is 0 Å². The zero-order chi connectivity index (χ0) is 18.2. The first-order valence-electron chi connectivity index (χ1n) is 8.05. The van der Waals surface area contributed by atoms with Gasteiger partial charge in [-0.15, -0.1) is 0 Å². The van der Waals surface area contributed by atoms with Gasteiger partial charge in [0.1, 0.15) is 12.2 Å². The summed E-state index contributed by atoms with van der Waals surface area (Å²) < 4.78 is 0. The van der Waals surface area contributed by atoms with E-state index in [0.29, 0.717) is 6.54 Å². The Balaban J connectivity index is 1.84. The quantitative estimate of drug-likeness (QED) is 0.778. The molecule has 0 spiro atoms. The van der Waals surface area contributed by atoms with E-state index in [-0.39, 0.29) is 37.5 Å². The predicted molar refractivity (Wildman–Crippen MR) is 88.7 cm³/mol. The van der Waals surface area contributed by atoms with Crippen molar-refractivity contribution in [2.75, 3.05) is 33.7 Å². The summed E-state index contributed by atoms with van der Waals surface area (Å²) in [6.07, 6.45) is 3.36. The number of nitrogens with one attached hydrogen (secondary N) is 1. The van der Waals surface area contributed by atoms with Gasteiger partial charge < -0.3 is 15.1 Å². The van der Waals surface area contributed by atoms with E-state index in [0.717, 1.165) is 5.56 Å². The van der Waals surface area contributed by atoms with E-state index in [9.17, 15) is 14.4 Å². The highest BCUT2D eigenvalue weighted by molar-refractivity contribution is 5.89. The number of carbonyl (C=O) groups is 3. The van der Waals surface area contributed by atoms with Crippen molar-refractivity contribution in [3.05, 3.63) is 30.1 Å². The summed E-state index contributed by atoms with van der Waals surface area (Å²) in [5, 5.41) is 5.92. The molecule has 2 aliphatic rings. The van der Waals surface area contributed by atoms with Crippen molar-refractivity contribution in [1.29, 1.82) is 0 Å². The van der Waals surface area contributed by atoms with Gasteiger partial charge in [0, 0.05) is 33.0 Å². The summed E-state index contributed by atoms with van der Waals surface area (Å²) in [6, 6.07) is 3.46. The van der Waals surface area contributed by atoms with E-state index < -0.39 is 5.66 Å². The van der Waals surface area contributed by atoms with Crippen molar-refractivity contribution in [2.45, 2.75) is 19.1 Å². The molecule has 9 heteroatoms. The Morgan fingerprint density at radius 2 is 2.00 bits per heavy atom. The summed E-state index contributed by atoms with van der Waals surface area (Å²) in [6.45, 7) is 2.41.